The SMILES string of the molecule is COc1ccc(NC(=O)CN(c2c(C)cccc2C)S(C)(=O)=O)cc1Cl. The molecule has 0 unspecified atom stereocenters. The molecule has 8 heteroatoms. The van der Waals surface area contributed by atoms with Crippen LogP contribution in [0.15, 0.2) is 36.4 Å². The van der Waals surface area contributed by atoms with Crippen LogP contribution < -0.4 is 14.4 Å². The van der Waals surface area contributed by atoms with E-state index in [1.54, 1.807) is 18.2 Å². The van der Waals surface area contributed by atoms with Gasteiger partial charge in [0, 0.05) is 5.69 Å². The first-order chi connectivity index (χ1) is 12.1. The zero-order valence-corrected chi connectivity index (χ0v) is 16.6. The van der Waals surface area contributed by atoms with E-state index in [1.165, 1.54) is 7.11 Å². The third-order valence-corrected chi connectivity index (χ3v) is 5.22. The maximum Gasteiger partial charge on any atom is 0.245 e. The number of anilines is 2. The molecule has 0 saturated heterocycles. The summed E-state index contributed by atoms with van der Waals surface area (Å²) in [5.41, 5.74) is 2.51. The van der Waals surface area contributed by atoms with E-state index in [1.807, 2.05) is 32.0 Å². The Morgan fingerprint density at radius 1 is 1.19 bits per heavy atom. The van der Waals surface area contributed by atoms with Crippen LogP contribution in [0.25, 0.3) is 0 Å². The molecule has 26 heavy (non-hydrogen) atoms. The number of sulfonamides is 1. The van der Waals surface area contributed by atoms with Crippen molar-refractivity contribution in [3.05, 3.63) is 52.5 Å². The first-order valence-electron chi connectivity index (χ1n) is 7.81. The van der Waals surface area contributed by atoms with E-state index >= 15 is 0 Å². The molecule has 2 aromatic carbocycles. The number of nitrogens with one attached hydrogen (secondary N) is 1. The number of benzene rings is 2. The Kier molecular flexibility index (Phi) is 6.15. The number of aryl methyl sites for hydroxylation is 2. The number of hydrogen-bond donors (Lipinski definition) is 1. The van der Waals surface area contributed by atoms with E-state index in [4.69, 9.17) is 16.3 Å². The zero-order valence-electron chi connectivity index (χ0n) is 15.0. The van der Waals surface area contributed by atoms with Crippen LogP contribution in [0, 0.1) is 13.8 Å². The van der Waals surface area contributed by atoms with Gasteiger partial charge in [0.2, 0.25) is 15.9 Å². The summed E-state index contributed by atoms with van der Waals surface area (Å²) < 4.78 is 30.7. The summed E-state index contributed by atoms with van der Waals surface area (Å²) in [5.74, 6) is 0.0114. The van der Waals surface area contributed by atoms with Gasteiger partial charge in [-0.25, -0.2) is 8.42 Å². The first kappa shape index (κ1) is 20.1. The van der Waals surface area contributed by atoms with Crippen LogP contribution in [0.5, 0.6) is 5.75 Å². The van der Waals surface area contributed by atoms with E-state index in [9.17, 15) is 13.2 Å². The van der Waals surface area contributed by atoms with E-state index in [-0.39, 0.29) is 6.54 Å². The van der Waals surface area contributed by atoms with Gasteiger partial charge < -0.3 is 10.1 Å². The van der Waals surface area contributed by atoms with Gasteiger partial charge in [-0.05, 0) is 43.2 Å². The Morgan fingerprint density at radius 3 is 2.31 bits per heavy atom. The standard InChI is InChI=1S/C18H21ClN2O4S/c1-12-6-5-7-13(2)18(12)21(26(4,23)24)11-17(22)20-14-8-9-16(25-3)15(19)10-14/h5-10H,11H2,1-4H3,(H,20,22). The van der Waals surface area contributed by atoms with Crippen molar-refractivity contribution in [2.45, 2.75) is 13.8 Å². The number of para-hydroxylation sites is 1. The van der Waals surface area contributed by atoms with Crippen molar-refractivity contribution in [3.63, 3.8) is 0 Å². The fraction of sp³-hybridized carbons (Fsp3) is 0.278. The highest BCUT2D eigenvalue weighted by atomic mass is 35.5. The van der Waals surface area contributed by atoms with Crippen LogP contribution >= 0.6 is 11.6 Å². The number of halogens is 1. The van der Waals surface area contributed by atoms with Gasteiger partial charge in [-0.15, -0.1) is 0 Å². The predicted molar refractivity (Wildman–Crippen MR) is 105 cm³/mol. The summed E-state index contributed by atoms with van der Waals surface area (Å²) in [4.78, 5) is 12.4. The normalized spacial score (nSPS) is 11.1. The molecule has 1 N–H and O–H groups in total. The van der Waals surface area contributed by atoms with Crippen LogP contribution in [-0.2, 0) is 14.8 Å². The predicted octanol–water partition coefficient (Wildman–Crippen LogP) is 3.37. The van der Waals surface area contributed by atoms with Crippen molar-refractivity contribution < 1.29 is 17.9 Å². The lowest BCUT2D eigenvalue weighted by atomic mass is 10.1. The Morgan fingerprint density at radius 2 is 1.81 bits per heavy atom. The molecule has 0 atom stereocenters. The monoisotopic (exact) mass is 396 g/mol. The Labute approximate surface area is 158 Å². The molecule has 0 fully saturated rings. The fourth-order valence-corrected chi connectivity index (χ4v) is 3.87. The van der Waals surface area contributed by atoms with E-state index in [2.05, 4.69) is 5.32 Å². The van der Waals surface area contributed by atoms with Gasteiger partial charge in [0.1, 0.15) is 12.3 Å². The number of carbonyl (C=O) groups excluding carboxylic acids is 1. The molecule has 140 valence electrons. The summed E-state index contributed by atoms with van der Waals surface area (Å²) in [6.45, 7) is 3.28. The van der Waals surface area contributed by atoms with E-state index in [0.29, 0.717) is 22.1 Å². The average molecular weight is 397 g/mol. The van der Waals surface area contributed by atoms with Gasteiger partial charge in [0.15, 0.2) is 0 Å². The first-order valence-corrected chi connectivity index (χ1v) is 10.0. The summed E-state index contributed by atoms with van der Waals surface area (Å²) >= 11 is 6.05. The number of nitrogens with zero attached hydrogens (tertiary/aromatic N) is 1. The van der Waals surface area contributed by atoms with Gasteiger partial charge in [0.05, 0.1) is 24.1 Å². The summed E-state index contributed by atoms with van der Waals surface area (Å²) in [6, 6.07) is 10.3. The van der Waals surface area contributed by atoms with Crippen LogP contribution in [0.1, 0.15) is 11.1 Å². The molecule has 0 bridgehead atoms. The second-order valence-electron chi connectivity index (χ2n) is 5.91. The highest BCUT2D eigenvalue weighted by Gasteiger charge is 2.24. The van der Waals surface area contributed by atoms with E-state index in [0.717, 1.165) is 21.7 Å². The lowest BCUT2D eigenvalue weighted by Gasteiger charge is -2.25. The third kappa shape index (κ3) is 4.68. The molecule has 2 rings (SSSR count). The molecule has 0 aromatic heterocycles. The number of hydrogen-bond acceptors (Lipinski definition) is 4. The van der Waals surface area contributed by atoms with Crippen LogP contribution in [-0.4, -0.2) is 34.2 Å². The highest BCUT2D eigenvalue weighted by Crippen LogP contribution is 2.28. The zero-order chi connectivity index (χ0) is 19.5. The maximum atomic E-state index is 12.4. The van der Waals surface area contributed by atoms with Gasteiger partial charge in [-0.1, -0.05) is 29.8 Å². The van der Waals surface area contributed by atoms with Crippen molar-refractivity contribution in [1.29, 1.82) is 0 Å². The van der Waals surface area contributed by atoms with Crippen molar-refractivity contribution in [2.24, 2.45) is 0 Å². The molecule has 1 amide bonds. The molecule has 0 heterocycles. The largest absolute Gasteiger partial charge is 0.495 e. The van der Waals surface area contributed by atoms with E-state index < -0.39 is 15.9 Å². The summed E-state index contributed by atoms with van der Waals surface area (Å²) in [7, 11) is -2.15. The molecule has 0 aliphatic rings. The summed E-state index contributed by atoms with van der Waals surface area (Å²) in [6.07, 6.45) is 1.08. The second kappa shape index (κ2) is 7.97. The van der Waals surface area contributed by atoms with Crippen molar-refractivity contribution in [2.75, 3.05) is 29.5 Å². The Bertz CT molecular complexity index is 909. The topological polar surface area (TPSA) is 75.7 Å². The molecular formula is C18H21ClN2O4S. The number of rotatable bonds is 6. The number of methoxy groups -OCH3 is 1. The Balaban J connectivity index is 2.27. The van der Waals surface area contributed by atoms with Crippen molar-refractivity contribution in [3.8, 4) is 5.75 Å². The lowest BCUT2D eigenvalue weighted by Crippen LogP contribution is -2.38. The molecule has 0 aliphatic carbocycles. The molecule has 0 saturated carbocycles. The molecule has 0 aliphatic heterocycles. The second-order valence-corrected chi connectivity index (χ2v) is 8.22. The van der Waals surface area contributed by atoms with Gasteiger partial charge in [0.25, 0.3) is 0 Å². The van der Waals surface area contributed by atoms with Crippen LogP contribution in [0.3, 0.4) is 0 Å². The summed E-state index contributed by atoms with van der Waals surface area (Å²) in [5, 5.41) is 3.01. The average Bonchev–Trinajstić information content (AvgIpc) is 2.53. The number of carbonyl (C=O) groups is 1. The van der Waals surface area contributed by atoms with Gasteiger partial charge >= 0.3 is 0 Å². The van der Waals surface area contributed by atoms with Crippen LogP contribution in [0.4, 0.5) is 11.4 Å². The Hall–Kier alpha value is -2.25. The quantitative estimate of drug-likeness (QED) is 0.812. The maximum absolute atomic E-state index is 12.4. The van der Waals surface area contributed by atoms with Gasteiger partial charge in [-0.3, -0.25) is 9.10 Å². The lowest BCUT2D eigenvalue weighted by molar-refractivity contribution is -0.114. The molecule has 2 aromatic rings. The highest BCUT2D eigenvalue weighted by molar-refractivity contribution is 7.92. The van der Waals surface area contributed by atoms with Crippen molar-refractivity contribution in [1.82, 2.24) is 0 Å². The molecule has 6 nitrogen and oxygen atoms in total. The smallest absolute Gasteiger partial charge is 0.245 e. The number of amides is 1. The minimum Gasteiger partial charge on any atom is -0.495 e. The molecular weight excluding hydrogens is 376 g/mol. The molecule has 0 spiro atoms. The molecule has 0 radical (unpaired) electrons. The van der Waals surface area contributed by atoms with Crippen molar-refractivity contribution >= 4 is 38.9 Å². The van der Waals surface area contributed by atoms with Gasteiger partial charge in [-0.2, -0.15) is 0 Å². The van der Waals surface area contributed by atoms with Crippen LogP contribution in [0.2, 0.25) is 5.02 Å². The minimum absolute atomic E-state index is 0.339. The number of ether oxygens (including phenoxy) is 1. The minimum atomic E-state index is -3.64. The fourth-order valence-electron chi connectivity index (χ4n) is 2.64. The third-order valence-electron chi connectivity index (χ3n) is 3.81.